The molecule has 1 N–H and O–H groups in total. The van der Waals surface area contributed by atoms with Crippen LogP contribution in [0.2, 0.25) is 0 Å². The molecule has 1 aliphatic heterocycles. The minimum absolute atomic E-state index is 0.0186. The van der Waals surface area contributed by atoms with E-state index in [0.29, 0.717) is 6.54 Å². The van der Waals surface area contributed by atoms with Gasteiger partial charge in [0.05, 0.1) is 13.4 Å². The zero-order valence-electron chi connectivity index (χ0n) is 11.3. The summed E-state index contributed by atoms with van der Waals surface area (Å²) in [4.78, 5) is 2.19. The van der Waals surface area contributed by atoms with E-state index in [9.17, 15) is 8.42 Å². The summed E-state index contributed by atoms with van der Waals surface area (Å²) >= 11 is 0. The number of ether oxygens (including phenoxy) is 1. The van der Waals surface area contributed by atoms with Crippen LogP contribution in [0.1, 0.15) is 12.8 Å². The minimum atomic E-state index is -3.14. The Bertz CT molecular complexity index is 530. The monoisotopic (exact) mass is 284 g/mol. The van der Waals surface area contributed by atoms with Gasteiger partial charge in [0.2, 0.25) is 10.0 Å². The van der Waals surface area contributed by atoms with Gasteiger partial charge in [-0.3, -0.25) is 0 Å². The highest BCUT2D eigenvalue weighted by Crippen LogP contribution is 2.24. The topological polar surface area (TPSA) is 58.6 Å². The van der Waals surface area contributed by atoms with Crippen LogP contribution in [-0.4, -0.2) is 40.9 Å². The summed E-state index contributed by atoms with van der Waals surface area (Å²) in [5.74, 6) is 0.815. The number of nitrogens with zero attached hydrogens (tertiary/aromatic N) is 1. The second kappa shape index (κ2) is 5.79. The molecule has 106 valence electrons. The Balaban J connectivity index is 2.08. The van der Waals surface area contributed by atoms with Crippen molar-refractivity contribution in [1.29, 1.82) is 0 Å². The summed E-state index contributed by atoms with van der Waals surface area (Å²) in [6.07, 6.45) is 3.06. The van der Waals surface area contributed by atoms with E-state index in [4.69, 9.17) is 4.74 Å². The van der Waals surface area contributed by atoms with E-state index in [1.165, 1.54) is 6.26 Å². The van der Waals surface area contributed by atoms with Gasteiger partial charge in [0, 0.05) is 30.9 Å². The molecule has 1 atom stereocenters. The fourth-order valence-corrected chi connectivity index (χ4v) is 3.22. The van der Waals surface area contributed by atoms with Crippen LogP contribution in [0, 0.1) is 0 Å². The maximum absolute atomic E-state index is 11.3. The van der Waals surface area contributed by atoms with Gasteiger partial charge in [0.15, 0.2) is 0 Å². The summed E-state index contributed by atoms with van der Waals surface area (Å²) in [7, 11) is -1.50. The number of benzene rings is 1. The van der Waals surface area contributed by atoms with Gasteiger partial charge in [-0.2, -0.15) is 0 Å². The Labute approximate surface area is 114 Å². The van der Waals surface area contributed by atoms with Crippen LogP contribution in [0.3, 0.4) is 0 Å². The molecule has 1 aromatic carbocycles. The van der Waals surface area contributed by atoms with Crippen molar-refractivity contribution in [2.24, 2.45) is 0 Å². The van der Waals surface area contributed by atoms with Crippen LogP contribution >= 0.6 is 0 Å². The first-order chi connectivity index (χ1) is 8.98. The van der Waals surface area contributed by atoms with Crippen LogP contribution in [0.5, 0.6) is 5.75 Å². The fourth-order valence-electron chi connectivity index (χ4n) is 2.42. The zero-order chi connectivity index (χ0) is 13.9. The molecule has 5 nitrogen and oxygen atoms in total. The lowest BCUT2D eigenvalue weighted by Gasteiger charge is -2.34. The van der Waals surface area contributed by atoms with Crippen molar-refractivity contribution in [3.8, 4) is 5.75 Å². The van der Waals surface area contributed by atoms with E-state index in [1.807, 2.05) is 24.3 Å². The summed E-state index contributed by atoms with van der Waals surface area (Å²) in [6.45, 7) is 1.63. The number of piperidine rings is 1. The Kier molecular flexibility index (Phi) is 4.31. The molecular formula is C13H20N2O3S. The molecule has 2 rings (SSSR count). The third kappa shape index (κ3) is 4.11. The molecule has 0 bridgehead atoms. The van der Waals surface area contributed by atoms with Crippen molar-refractivity contribution in [3.63, 3.8) is 0 Å². The van der Waals surface area contributed by atoms with Gasteiger partial charge >= 0.3 is 0 Å². The van der Waals surface area contributed by atoms with Crippen LogP contribution < -0.4 is 14.4 Å². The Morgan fingerprint density at radius 2 is 2.21 bits per heavy atom. The molecular weight excluding hydrogens is 264 g/mol. The highest BCUT2D eigenvalue weighted by molar-refractivity contribution is 7.88. The first-order valence-electron chi connectivity index (χ1n) is 6.34. The van der Waals surface area contributed by atoms with Crippen molar-refractivity contribution in [1.82, 2.24) is 4.72 Å². The van der Waals surface area contributed by atoms with Gasteiger partial charge in [-0.15, -0.1) is 0 Å². The maximum atomic E-state index is 11.3. The molecule has 1 fully saturated rings. The third-order valence-electron chi connectivity index (χ3n) is 3.22. The lowest BCUT2D eigenvalue weighted by atomic mass is 10.1. The number of hydrogen-bond acceptors (Lipinski definition) is 4. The van der Waals surface area contributed by atoms with Crippen molar-refractivity contribution in [3.05, 3.63) is 24.3 Å². The lowest BCUT2D eigenvalue weighted by Crippen LogP contribution is -2.47. The van der Waals surface area contributed by atoms with Crippen molar-refractivity contribution < 1.29 is 13.2 Å². The molecule has 1 aliphatic rings. The van der Waals surface area contributed by atoms with Gasteiger partial charge in [-0.1, -0.05) is 6.07 Å². The quantitative estimate of drug-likeness (QED) is 0.903. The summed E-state index contributed by atoms with van der Waals surface area (Å²) < 4.78 is 30.5. The van der Waals surface area contributed by atoms with Crippen LogP contribution in [0.15, 0.2) is 24.3 Å². The molecule has 0 aromatic heterocycles. The van der Waals surface area contributed by atoms with Crippen LogP contribution in [0.4, 0.5) is 5.69 Å². The molecule has 1 aromatic rings. The predicted molar refractivity (Wildman–Crippen MR) is 76.2 cm³/mol. The van der Waals surface area contributed by atoms with Gasteiger partial charge in [0.25, 0.3) is 0 Å². The molecule has 6 heteroatoms. The number of sulfonamides is 1. The number of nitrogens with one attached hydrogen (secondary N) is 1. The lowest BCUT2D eigenvalue weighted by molar-refractivity contribution is 0.414. The smallest absolute Gasteiger partial charge is 0.209 e. The fraction of sp³-hybridized carbons (Fsp3) is 0.538. The van der Waals surface area contributed by atoms with E-state index in [-0.39, 0.29) is 6.04 Å². The average molecular weight is 284 g/mol. The highest BCUT2D eigenvalue weighted by Gasteiger charge is 2.22. The Hall–Kier alpha value is -1.27. The summed E-state index contributed by atoms with van der Waals surface area (Å²) in [5, 5.41) is 0. The maximum Gasteiger partial charge on any atom is 0.209 e. The summed E-state index contributed by atoms with van der Waals surface area (Å²) in [5.41, 5.74) is 1.07. The molecule has 0 radical (unpaired) electrons. The molecule has 0 spiro atoms. The van der Waals surface area contributed by atoms with Crippen molar-refractivity contribution in [2.45, 2.75) is 18.9 Å². The SMILES string of the molecule is COc1cccc(N2CCC[C@H](NS(C)(=O)=O)C2)c1. The average Bonchev–Trinajstić information content (AvgIpc) is 2.37. The number of hydrogen-bond donors (Lipinski definition) is 1. The number of rotatable bonds is 4. The van der Waals surface area contributed by atoms with Crippen molar-refractivity contribution >= 4 is 15.7 Å². The molecule has 1 saturated heterocycles. The Morgan fingerprint density at radius 1 is 1.42 bits per heavy atom. The molecule has 0 unspecified atom stereocenters. The zero-order valence-corrected chi connectivity index (χ0v) is 12.1. The summed E-state index contributed by atoms with van der Waals surface area (Å²) in [6, 6.07) is 7.82. The van der Waals surface area contributed by atoms with Gasteiger partial charge in [-0.25, -0.2) is 13.1 Å². The number of methoxy groups -OCH3 is 1. The molecule has 0 amide bonds. The normalized spacial score (nSPS) is 20.3. The molecule has 19 heavy (non-hydrogen) atoms. The van der Waals surface area contributed by atoms with E-state index in [0.717, 1.165) is 30.8 Å². The molecule has 1 heterocycles. The second-order valence-corrected chi connectivity index (χ2v) is 6.66. The molecule has 0 aliphatic carbocycles. The standard InChI is InChI=1S/C13H20N2O3S/c1-18-13-7-3-6-12(9-13)15-8-4-5-11(10-15)14-19(2,16)17/h3,6-7,9,11,14H,4-5,8,10H2,1-2H3/t11-/m0/s1. The van der Waals surface area contributed by atoms with Gasteiger partial charge in [0.1, 0.15) is 5.75 Å². The molecule has 0 saturated carbocycles. The van der Waals surface area contributed by atoms with Gasteiger partial charge < -0.3 is 9.64 Å². The Morgan fingerprint density at radius 3 is 2.89 bits per heavy atom. The van der Waals surface area contributed by atoms with Gasteiger partial charge in [-0.05, 0) is 25.0 Å². The van der Waals surface area contributed by atoms with E-state index < -0.39 is 10.0 Å². The number of anilines is 1. The largest absolute Gasteiger partial charge is 0.497 e. The van der Waals surface area contributed by atoms with Crippen molar-refractivity contribution in [2.75, 3.05) is 31.4 Å². The third-order valence-corrected chi connectivity index (χ3v) is 3.98. The van der Waals surface area contributed by atoms with Crippen LogP contribution in [0.25, 0.3) is 0 Å². The first-order valence-corrected chi connectivity index (χ1v) is 8.23. The highest BCUT2D eigenvalue weighted by atomic mass is 32.2. The van der Waals surface area contributed by atoms with E-state index in [2.05, 4.69) is 9.62 Å². The van der Waals surface area contributed by atoms with E-state index in [1.54, 1.807) is 7.11 Å². The van der Waals surface area contributed by atoms with Crippen LogP contribution in [-0.2, 0) is 10.0 Å². The van der Waals surface area contributed by atoms with E-state index >= 15 is 0 Å². The second-order valence-electron chi connectivity index (χ2n) is 4.88. The minimum Gasteiger partial charge on any atom is -0.497 e. The predicted octanol–water partition coefficient (Wildman–Crippen LogP) is 1.21. The first kappa shape index (κ1) is 14.1.